The highest BCUT2D eigenvalue weighted by molar-refractivity contribution is 6.04. The molecule has 0 saturated carbocycles. The highest BCUT2D eigenvalue weighted by Gasteiger charge is 2.17. The Morgan fingerprint density at radius 1 is 1.12 bits per heavy atom. The zero-order valence-corrected chi connectivity index (χ0v) is 13.5. The van der Waals surface area contributed by atoms with E-state index in [0.717, 1.165) is 18.6 Å². The second-order valence-corrected chi connectivity index (χ2v) is 5.83. The second-order valence-electron chi connectivity index (χ2n) is 5.83. The molecule has 0 fully saturated rings. The SMILES string of the molecule is CCn1c(N/N=C2/CCc3ccccc32)nc2ccccc2c1=O. The van der Waals surface area contributed by atoms with Gasteiger partial charge in [-0.1, -0.05) is 36.4 Å². The number of rotatable bonds is 3. The van der Waals surface area contributed by atoms with E-state index in [0.29, 0.717) is 23.4 Å². The lowest BCUT2D eigenvalue weighted by atomic mass is 10.1. The number of hydrazone groups is 1. The molecule has 0 bridgehead atoms. The summed E-state index contributed by atoms with van der Waals surface area (Å²) in [6, 6.07) is 15.7. The van der Waals surface area contributed by atoms with E-state index in [2.05, 4.69) is 33.7 Å². The van der Waals surface area contributed by atoms with E-state index in [1.807, 2.05) is 31.2 Å². The fourth-order valence-corrected chi connectivity index (χ4v) is 3.19. The van der Waals surface area contributed by atoms with Gasteiger partial charge < -0.3 is 0 Å². The maximum absolute atomic E-state index is 12.6. The topological polar surface area (TPSA) is 59.3 Å². The first kappa shape index (κ1) is 14.6. The predicted molar refractivity (Wildman–Crippen MR) is 96.6 cm³/mol. The van der Waals surface area contributed by atoms with Gasteiger partial charge in [-0.05, 0) is 37.5 Å². The summed E-state index contributed by atoms with van der Waals surface area (Å²) in [5.74, 6) is 0.484. The Morgan fingerprint density at radius 3 is 2.79 bits per heavy atom. The van der Waals surface area contributed by atoms with E-state index in [1.54, 1.807) is 10.6 Å². The predicted octanol–water partition coefficient (Wildman–Crippen LogP) is 3.18. The van der Waals surface area contributed by atoms with Gasteiger partial charge in [-0.2, -0.15) is 5.10 Å². The zero-order chi connectivity index (χ0) is 16.5. The van der Waals surface area contributed by atoms with Gasteiger partial charge in [0, 0.05) is 12.1 Å². The van der Waals surface area contributed by atoms with Crippen molar-refractivity contribution in [3.05, 3.63) is 70.0 Å². The second kappa shape index (κ2) is 5.92. The molecular weight excluding hydrogens is 300 g/mol. The molecule has 0 aliphatic heterocycles. The van der Waals surface area contributed by atoms with Crippen molar-refractivity contribution < 1.29 is 0 Å². The summed E-state index contributed by atoms with van der Waals surface area (Å²) in [5, 5.41) is 5.16. The van der Waals surface area contributed by atoms with E-state index in [4.69, 9.17) is 0 Å². The number of anilines is 1. The average molecular weight is 318 g/mol. The fraction of sp³-hybridized carbons (Fsp3) is 0.211. The number of para-hydroxylation sites is 1. The molecule has 0 spiro atoms. The first-order valence-corrected chi connectivity index (χ1v) is 8.18. The van der Waals surface area contributed by atoms with Crippen molar-refractivity contribution in [2.24, 2.45) is 5.10 Å². The number of aromatic nitrogens is 2. The van der Waals surface area contributed by atoms with Gasteiger partial charge in [0.25, 0.3) is 5.56 Å². The van der Waals surface area contributed by atoms with Crippen LogP contribution in [0.2, 0.25) is 0 Å². The maximum atomic E-state index is 12.6. The lowest BCUT2D eigenvalue weighted by molar-refractivity contribution is 0.724. The van der Waals surface area contributed by atoms with Gasteiger partial charge in [-0.15, -0.1) is 0 Å². The van der Waals surface area contributed by atoms with Crippen LogP contribution in [-0.2, 0) is 13.0 Å². The van der Waals surface area contributed by atoms with E-state index in [9.17, 15) is 4.79 Å². The Hall–Kier alpha value is -2.95. The summed E-state index contributed by atoms with van der Waals surface area (Å²) in [7, 11) is 0. The molecule has 24 heavy (non-hydrogen) atoms. The Balaban J connectivity index is 1.75. The van der Waals surface area contributed by atoms with E-state index in [1.165, 1.54) is 11.1 Å². The molecule has 1 aliphatic carbocycles. The highest BCUT2D eigenvalue weighted by atomic mass is 16.1. The van der Waals surface area contributed by atoms with Crippen molar-refractivity contribution in [1.29, 1.82) is 0 Å². The van der Waals surface area contributed by atoms with Crippen LogP contribution < -0.4 is 11.0 Å². The van der Waals surface area contributed by atoms with Crippen LogP contribution in [0.25, 0.3) is 10.9 Å². The number of nitrogens with one attached hydrogen (secondary N) is 1. The molecule has 0 radical (unpaired) electrons. The number of benzene rings is 2. The standard InChI is InChI=1S/C19H18N4O/c1-2-23-18(24)15-9-5-6-10-16(15)20-19(23)22-21-17-12-11-13-7-3-4-8-14(13)17/h3-10H,2,11-12H2,1H3,(H,20,22)/b21-17-. The van der Waals surface area contributed by atoms with Crippen molar-refractivity contribution in [1.82, 2.24) is 9.55 Å². The lowest BCUT2D eigenvalue weighted by Gasteiger charge is -2.11. The quantitative estimate of drug-likeness (QED) is 0.755. The van der Waals surface area contributed by atoms with E-state index >= 15 is 0 Å². The molecule has 2 aromatic carbocycles. The molecule has 1 N–H and O–H groups in total. The summed E-state index contributed by atoms with van der Waals surface area (Å²) in [6.45, 7) is 2.47. The van der Waals surface area contributed by atoms with Gasteiger partial charge in [0.1, 0.15) is 0 Å². The Morgan fingerprint density at radius 2 is 1.92 bits per heavy atom. The molecule has 0 amide bonds. The number of fused-ring (bicyclic) bond motifs is 2. The third-order valence-electron chi connectivity index (χ3n) is 4.43. The normalized spacial score (nSPS) is 15.0. The molecule has 3 aromatic rings. The minimum absolute atomic E-state index is 0.0439. The Labute approximate surface area is 139 Å². The Bertz CT molecular complexity index is 1000. The molecule has 1 heterocycles. The number of hydrogen-bond acceptors (Lipinski definition) is 4. The van der Waals surface area contributed by atoms with Gasteiger partial charge in [0.05, 0.1) is 16.6 Å². The lowest BCUT2D eigenvalue weighted by Crippen LogP contribution is -2.23. The van der Waals surface area contributed by atoms with Crippen LogP contribution >= 0.6 is 0 Å². The third kappa shape index (κ3) is 2.38. The monoisotopic (exact) mass is 318 g/mol. The van der Waals surface area contributed by atoms with Crippen molar-refractivity contribution in [3.63, 3.8) is 0 Å². The molecule has 1 aromatic heterocycles. The van der Waals surface area contributed by atoms with Crippen LogP contribution in [0, 0.1) is 0 Å². The highest BCUT2D eigenvalue weighted by Crippen LogP contribution is 2.22. The third-order valence-corrected chi connectivity index (χ3v) is 4.43. The number of aryl methyl sites for hydroxylation is 1. The fourth-order valence-electron chi connectivity index (χ4n) is 3.19. The maximum Gasteiger partial charge on any atom is 0.262 e. The molecule has 0 unspecified atom stereocenters. The average Bonchev–Trinajstić information content (AvgIpc) is 3.03. The molecule has 1 aliphatic rings. The molecular formula is C19H18N4O. The summed E-state index contributed by atoms with van der Waals surface area (Å²) < 4.78 is 1.62. The molecule has 0 saturated heterocycles. The van der Waals surface area contributed by atoms with Crippen LogP contribution in [0.4, 0.5) is 5.95 Å². The van der Waals surface area contributed by atoms with E-state index in [-0.39, 0.29) is 5.56 Å². The van der Waals surface area contributed by atoms with Crippen LogP contribution in [0.5, 0.6) is 0 Å². The summed E-state index contributed by atoms with van der Waals surface area (Å²) in [4.78, 5) is 17.2. The van der Waals surface area contributed by atoms with Crippen molar-refractivity contribution in [3.8, 4) is 0 Å². The van der Waals surface area contributed by atoms with Gasteiger partial charge in [0.2, 0.25) is 5.95 Å². The van der Waals surface area contributed by atoms with Gasteiger partial charge in [-0.3, -0.25) is 9.36 Å². The minimum atomic E-state index is -0.0439. The van der Waals surface area contributed by atoms with Crippen molar-refractivity contribution in [2.75, 3.05) is 5.43 Å². The summed E-state index contributed by atoms with van der Waals surface area (Å²) in [6.07, 6.45) is 1.90. The van der Waals surface area contributed by atoms with E-state index < -0.39 is 0 Å². The summed E-state index contributed by atoms with van der Waals surface area (Å²) in [5.41, 5.74) is 7.16. The van der Waals surface area contributed by atoms with Gasteiger partial charge in [-0.25, -0.2) is 10.4 Å². The largest absolute Gasteiger partial charge is 0.277 e. The molecule has 5 heteroatoms. The van der Waals surface area contributed by atoms with Gasteiger partial charge in [0.15, 0.2) is 0 Å². The molecule has 120 valence electrons. The number of hydrogen-bond donors (Lipinski definition) is 1. The zero-order valence-electron chi connectivity index (χ0n) is 13.5. The van der Waals surface area contributed by atoms with Crippen molar-refractivity contribution >= 4 is 22.6 Å². The first-order chi connectivity index (χ1) is 11.8. The Kier molecular flexibility index (Phi) is 3.61. The molecule has 5 nitrogen and oxygen atoms in total. The minimum Gasteiger partial charge on any atom is -0.277 e. The molecule has 4 rings (SSSR count). The molecule has 0 atom stereocenters. The van der Waals surface area contributed by atoms with Crippen LogP contribution in [-0.4, -0.2) is 15.3 Å². The summed E-state index contributed by atoms with van der Waals surface area (Å²) >= 11 is 0. The van der Waals surface area contributed by atoms with Crippen LogP contribution in [0.15, 0.2) is 58.4 Å². The van der Waals surface area contributed by atoms with Crippen LogP contribution in [0.1, 0.15) is 24.5 Å². The van der Waals surface area contributed by atoms with Crippen molar-refractivity contribution in [2.45, 2.75) is 26.3 Å². The van der Waals surface area contributed by atoms with Gasteiger partial charge >= 0.3 is 0 Å². The number of nitrogens with zero attached hydrogens (tertiary/aromatic N) is 3. The first-order valence-electron chi connectivity index (χ1n) is 8.18. The van der Waals surface area contributed by atoms with Crippen LogP contribution in [0.3, 0.4) is 0 Å². The smallest absolute Gasteiger partial charge is 0.262 e.